The first-order chi connectivity index (χ1) is 11.1. The van der Waals surface area contributed by atoms with Gasteiger partial charge in [-0.3, -0.25) is 0 Å². The average molecular weight is 318 g/mol. The molecule has 0 radical (unpaired) electrons. The molecule has 0 aromatic heterocycles. The van der Waals surface area contributed by atoms with Gasteiger partial charge in [-0.1, -0.05) is 12.1 Å². The van der Waals surface area contributed by atoms with Crippen LogP contribution in [-0.4, -0.2) is 33.5 Å². The molecule has 0 saturated heterocycles. The largest absolute Gasteiger partial charge is 0.493 e. The van der Waals surface area contributed by atoms with Gasteiger partial charge in [0, 0.05) is 6.42 Å². The van der Waals surface area contributed by atoms with Crippen molar-refractivity contribution >= 4 is 0 Å². The Balaban J connectivity index is 2.20. The van der Waals surface area contributed by atoms with Gasteiger partial charge in [-0.15, -0.1) is 0 Å². The molecule has 1 unspecified atom stereocenters. The van der Waals surface area contributed by atoms with Crippen molar-refractivity contribution in [1.29, 1.82) is 0 Å². The minimum absolute atomic E-state index is 0.454. The van der Waals surface area contributed by atoms with Gasteiger partial charge in [-0.2, -0.15) is 0 Å². The minimum atomic E-state index is -0.659. The molecule has 0 spiro atoms. The summed E-state index contributed by atoms with van der Waals surface area (Å²) in [6.45, 7) is 0. The normalized spacial score (nSPS) is 11.7. The van der Waals surface area contributed by atoms with Crippen molar-refractivity contribution < 1.29 is 24.1 Å². The van der Waals surface area contributed by atoms with Crippen LogP contribution in [0.4, 0.5) is 0 Å². The van der Waals surface area contributed by atoms with E-state index in [2.05, 4.69) is 0 Å². The van der Waals surface area contributed by atoms with Crippen LogP contribution < -0.4 is 18.9 Å². The zero-order valence-corrected chi connectivity index (χ0v) is 13.8. The molecule has 0 heterocycles. The van der Waals surface area contributed by atoms with Crippen molar-refractivity contribution in [2.24, 2.45) is 0 Å². The molecule has 0 saturated carbocycles. The van der Waals surface area contributed by atoms with Crippen LogP contribution in [0.25, 0.3) is 0 Å². The van der Waals surface area contributed by atoms with Crippen LogP contribution in [0.15, 0.2) is 36.4 Å². The van der Waals surface area contributed by atoms with Crippen molar-refractivity contribution in [1.82, 2.24) is 0 Å². The highest BCUT2D eigenvalue weighted by molar-refractivity contribution is 5.45. The number of hydrogen-bond acceptors (Lipinski definition) is 5. The van der Waals surface area contributed by atoms with Gasteiger partial charge in [0.15, 0.2) is 23.0 Å². The van der Waals surface area contributed by atoms with Crippen LogP contribution >= 0.6 is 0 Å². The molecular weight excluding hydrogens is 296 g/mol. The lowest BCUT2D eigenvalue weighted by Crippen LogP contribution is -2.03. The van der Waals surface area contributed by atoms with Crippen LogP contribution in [-0.2, 0) is 6.42 Å². The third-order valence-corrected chi connectivity index (χ3v) is 3.67. The van der Waals surface area contributed by atoms with E-state index in [-0.39, 0.29) is 0 Å². The van der Waals surface area contributed by atoms with Crippen molar-refractivity contribution in [3.8, 4) is 23.0 Å². The monoisotopic (exact) mass is 318 g/mol. The zero-order chi connectivity index (χ0) is 16.8. The van der Waals surface area contributed by atoms with Crippen LogP contribution in [0.5, 0.6) is 23.0 Å². The van der Waals surface area contributed by atoms with Gasteiger partial charge in [0.2, 0.25) is 0 Å². The Kier molecular flexibility index (Phi) is 5.71. The molecule has 0 bridgehead atoms. The maximum Gasteiger partial charge on any atom is 0.161 e. The summed E-state index contributed by atoms with van der Waals surface area (Å²) in [5, 5.41) is 10.5. The first-order valence-corrected chi connectivity index (χ1v) is 7.23. The first-order valence-electron chi connectivity index (χ1n) is 7.23. The Bertz CT molecular complexity index is 654. The number of benzene rings is 2. The van der Waals surface area contributed by atoms with E-state index in [1.807, 2.05) is 24.3 Å². The molecule has 0 amide bonds. The summed E-state index contributed by atoms with van der Waals surface area (Å²) in [5.41, 5.74) is 1.71. The fourth-order valence-corrected chi connectivity index (χ4v) is 2.41. The second-order valence-electron chi connectivity index (χ2n) is 5.02. The molecule has 5 heteroatoms. The van der Waals surface area contributed by atoms with Crippen LogP contribution in [0.2, 0.25) is 0 Å². The van der Waals surface area contributed by atoms with Gasteiger partial charge < -0.3 is 24.1 Å². The predicted octanol–water partition coefficient (Wildman–Crippen LogP) is 3.00. The Morgan fingerprint density at radius 1 is 0.739 bits per heavy atom. The predicted molar refractivity (Wildman–Crippen MR) is 87.8 cm³/mol. The molecule has 0 aliphatic rings. The lowest BCUT2D eigenvalue weighted by molar-refractivity contribution is 0.177. The van der Waals surface area contributed by atoms with E-state index in [1.165, 1.54) is 0 Å². The van der Waals surface area contributed by atoms with Gasteiger partial charge in [-0.25, -0.2) is 0 Å². The Hall–Kier alpha value is -2.40. The van der Waals surface area contributed by atoms with Gasteiger partial charge in [0.1, 0.15) is 0 Å². The highest BCUT2D eigenvalue weighted by Crippen LogP contribution is 2.32. The van der Waals surface area contributed by atoms with E-state index in [1.54, 1.807) is 40.6 Å². The van der Waals surface area contributed by atoms with Crippen LogP contribution in [0.3, 0.4) is 0 Å². The van der Waals surface area contributed by atoms with E-state index in [0.29, 0.717) is 29.4 Å². The summed E-state index contributed by atoms with van der Waals surface area (Å²) in [7, 11) is 6.34. The van der Waals surface area contributed by atoms with E-state index in [9.17, 15) is 5.11 Å². The van der Waals surface area contributed by atoms with Gasteiger partial charge in [-0.05, 0) is 35.4 Å². The first kappa shape index (κ1) is 17.0. The summed E-state index contributed by atoms with van der Waals surface area (Å²) in [6, 6.07) is 11.0. The fraction of sp³-hybridized carbons (Fsp3) is 0.333. The van der Waals surface area contributed by atoms with Crippen molar-refractivity contribution in [3.05, 3.63) is 47.5 Å². The number of aliphatic hydroxyl groups is 1. The fourth-order valence-electron chi connectivity index (χ4n) is 2.41. The maximum absolute atomic E-state index is 10.5. The number of rotatable bonds is 7. The summed E-state index contributed by atoms with van der Waals surface area (Å²) >= 11 is 0. The third kappa shape index (κ3) is 3.87. The average Bonchev–Trinajstić information content (AvgIpc) is 2.60. The molecule has 124 valence electrons. The molecule has 2 aromatic carbocycles. The molecule has 0 aliphatic heterocycles. The third-order valence-electron chi connectivity index (χ3n) is 3.67. The minimum Gasteiger partial charge on any atom is -0.493 e. The Labute approximate surface area is 136 Å². The summed E-state index contributed by atoms with van der Waals surface area (Å²) in [4.78, 5) is 0. The molecule has 0 aliphatic carbocycles. The Morgan fingerprint density at radius 2 is 1.26 bits per heavy atom. The molecule has 0 fully saturated rings. The Morgan fingerprint density at radius 3 is 1.83 bits per heavy atom. The molecule has 1 atom stereocenters. The highest BCUT2D eigenvalue weighted by Gasteiger charge is 2.14. The van der Waals surface area contributed by atoms with Gasteiger partial charge in [0.05, 0.1) is 34.5 Å². The standard InChI is InChI=1S/C18H22O5/c1-20-15-7-5-12(10-17(15)22-3)9-14(19)13-6-8-16(21-2)18(11-13)23-4/h5-8,10-11,14,19H,9H2,1-4H3. The van der Waals surface area contributed by atoms with E-state index in [0.717, 1.165) is 11.1 Å². The second-order valence-corrected chi connectivity index (χ2v) is 5.02. The zero-order valence-electron chi connectivity index (χ0n) is 13.8. The quantitative estimate of drug-likeness (QED) is 0.850. The molecule has 2 aromatic rings. The van der Waals surface area contributed by atoms with Crippen molar-refractivity contribution in [2.45, 2.75) is 12.5 Å². The molecular formula is C18H22O5. The van der Waals surface area contributed by atoms with E-state index < -0.39 is 6.10 Å². The number of methoxy groups -OCH3 is 4. The summed E-state index contributed by atoms with van der Waals surface area (Å²) in [5.74, 6) is 2.53. The van der Waals surface area contributed by atoms with Gasteiger partial charge in [0.25, 0.3) is 0 Å². The maximum atomic E-state index is 10.5. The van der Waals surface area contributed by atoms with E-state index >= 15 is 0 Å². The second kappa shape index (κ2) is 7.74. The molecule has 5 nitrogen and oxygen atoms in total. The lowest BCUT2D eigenvalue weighted by atomic mass is 10.0. The van der Waals surface area contributed by atoms with E-state index in [4.69, 9.17) is 18.9 Å². The lowest BCUT2D eigenvalue weighted by Gasteiger charge is -2.15. The smallest absolute Gasteiger partial charge is 0.161 e. The van der Waals surface area contributed by atoms with Crippen molar-refractivity contribution in [3.63, 3.8) is 0 Å². The summed E-state index contributed by atoms with van der Waals surface area (Å²) in [6.07, 6.45) is -0.205. The topological polar surface area (TPSA) is 57.2 Å². The number of aliphatic hydroxyl groups excluding tert-OH is 1. The highest BCUT2D eigenvalue weighted by atomic mass is 16.5. The SMILES string of the molecule is COc1ccc(CC(O)c2ccc(OC)c(OC)c2)cc1OC. The summed E-state index contributed by atoms with van der Waals surface area (Å²) < 4.78 is 21.0. The number of ether oxygens (including phenoxy) is 4. The van der Waals surface area contributed by atoms with Gasteiger partial charge >= 0.3 is 0 Å². The molecule has 23 heavy (non-hydrogen) atoms. The molecule has 2 rings (SSSR count). The van der Waals surface area contributed by atoms with Crippen LogP contribution in [0.1, 0.15) is 17.2 Å². The van der Waals surface area contributed by atoms with Crippen molar-refractivity contribution in [2.75, 3.05) is 28.4 Å². The van der Waals surface area contributed by atoms with Crippen LogP contribution in [0, 0.1) is 0 Å². The molecule has 1 N–H and O–H groups in total. The number of hydrogen-bond donors (Lipinski definition) is 1.